The van der Waals surface area contributed by atoms with E-state index in [-0.39, 0.29) is 17.7 Å². The number of aryl methyl sites for hydroxylation is 1. The lowest BCUT2D eigenvalue weighted by Crippen LogP contribution is -2.42. The fourth-order valence-corrected chi connectivity index (χ4v) is 3.64. The Morgan fingerprint density at radius 2 is 1.76 bits per heavy atom. The molecule has 2 amide bonds. The fourth-order valence-electron chi connectivity index (χ4n) is 3.64. The van der Waals surface area contributed by atoms with Crippen molar-refractivity contribution in [1.29, 1.82) is 0 Å². The summed E-state index contributed by atoms with van der Waals surface area (Å²) >= 11 is 0. The molecule has 1 aliphatic heterocycles. The van der Waals surface area contributed by atoms with Crippen molar-refractivity contribution in [3.05, 3.63) is 53.6 Å². The van der Waals surface area contributed by atoms with Crippen LogP contribution in [0, 0.1) is 12.8 Å². The molecule has 6 nitrogen and oxygen atoms in total. The monoisotopic (exact) mass is 396 g/mol. The Bertz CT molecular complexity index is 873. The lowest BCUT2D eigenvalue weighted by Gasteiger charge is -2.31. The van der Waals surface area contributed by atoms with Crippen LogP contribution in [-0.2, 0) is 16.0 Å². The molecule has 0 atom stereocenters. The van der Waals surface area contributed by atoms with Crippen LogP contribution in [0.3, 0.4) is 0 Å². The van der Waals surface area contributed by atoms with E-state index in [1.165, 1.54) is 0 Å². The third kappa shape index (κ3) is 5.28. The maximum absolute atomic E-state index is 12.7. The maximum atomic E-state index is 12.7. The number of benzene rings is 2. The number of hydrogen-bond donors (Lipinski definition) is 1. The van der Waals surface area contributed by atoms with Gasteiger partial charge in [0.05, 0.1) is 20.6 Å². The van der Waals surface area contributed by atoms with Crippen molar-refractivity contribution in [1.82, 2.24) is 4.90 Å². The zero-order chi connectivity index (χ0) is 20.8. The molecule has 29 heavy (non-hydrogen) atoms. The van der Waals surface area contributed by atoms with Crippen molar-refractivity contribution in [2.45, 2.75) is 26.2 Å². The van der Waals surface area contributed by atoms with E-state index in [1.807, 2.05) is 54.3 Å². The van der Waals surface area contributed by atoms with Crippen LogP contribution in [0.5, 0.6) is 11.5 Å². The van der Waals surface area contributed by atoms with E-state index in [1.54, 1.807) is 14.2 Å². The topological polar surface area (TPSA) is 67.9 Å². The van der Waals surface area contributed by atoms with Gasteiger partial charge in [0, 0.05) is 24.7 Å². The molecule has 0 aromatic heterocycles. The standard InChI is InChI=1S/C23H28N2O4/c1-16-5-4-6-19(13-16)24-23(27)18-9-11-25(12-10-18)22(26)15-17-7-8-20(28-2)21(14-17)29-3/h4-8,13-14,18H,9-12,15H2,1-3H3,(H,24,27). The zero-order valence-corrected chi connectivity index (χ0v) is 17.2. The summed E-state index contributed by atoms with van der Waals surface area (Å²) in [5.41, 5.74) is 2.81. The van der Waals surface area contributed by atoms with Crippen LogP contribution in [0.15, 0.2) is 42.5 Å². The van der Waals surface area contributed by atoms with E-state index in [0.29, 0.717) is 43.9 Å². The Hall–Kier alpha value is -3.02. The van der Waals surface area contributed by atoms with Crippen LogP contribution in [0.25, 0.3) is 0 Å². The molecule has 0 radical (unpaired) electrons. The minimum atomic E-state index is -0.0688. The Kier molecular flexibility index (Phi) is 6.75. The molecule has 154 valence electrons. The Morgan fingerprint density at radius 3 is 2.41 bits per heavy atom. The van der Waals surface area contributed by atoms with Gasteiger partial charge in [-0.05, 0) is 55.2 Å². The number of anilines is 1. The van der Waals surface area contributed by atoms with Crippen LogP contribution in [0.4, 0.5) is 5.69 Å². The Balaban J connectivity index is 1.52. The van der Waals surface area contributed by atoms with Crippen LogP contribution in [0.1, 0.15) is 24.0 Å². The second-order valence-corrected chi connectivity index (χ2v) is 7.38. The van der Waals surface area contributed by atoms with Crippen LogP contribution in [0.2, 0.25) is 0 Å². The van der Waals surface area contributed by atoms with Crippen LogP contribution in [-0.4, -0.2) is 44.0 Å². The summed E-state index contributed by atoms with van der Waals surface area (Å²) in [4.78, 5) is 27.1. The molecule has 2 aromatic rings. The van der Waals surface area contributed by atoms with Crippen molar-refractivity contribution in [3.8, 4) is 11.5 Å². The van der Waals surface area contributed by atoms with Crippen molar-refractivity contribution < 1.29 is 19.1 Å². The van der Waals surface area contributed by atoms with E-state index in [9.17, 15) is 9.59 Å². The molecule has 3 rings (SSSR count). The number of methoxy groups -OCH3 is 2. The van der Waals surface area contributed by atoms with Gasteiger partial charge in [0.1, 0.15) is 0 Å². The second kappa shape index (κ2) is 9.45. The van der Waals surface area contributed by atoms with E-state index >= 15 is 0 Å². The lowest BCUT2D eigenvalue weighted by molar-refractivity contribution is -0.133. The SMILES string of the molecule is COc1ccc(CC(=O)N2CCC(C(=O)Nc3cccc(C)c3)CC2)cc1OC. The number of nitrogens with zero attached hydrogens (tertiary/aromatic N) is 1. The number of amides is 2. The van der Waals surface area contributed by atoms with Gasteiger partial charge in [0.15, 0.2) is 11.5 Å². The molecule has 0 saturated carbocycles. The molecule has 0 unspecified atom stereocenters. The highest BCUT2D eigenvalue weighted by Crippen LogP contribution is 2.28. The third-order valence-electron chi connectivity index (χ3n) is 5.31. The molecular weight excluding hydrogens is 368 g/mol. The lowest BCUT2D eigenvalue weighted by atomic mass is 9.95. The smallest absolute Gasteiger partial charge is 0.227 e. The van der Waals surface area contributed by atoms with Crippen LogP contribution >= 0.6 is 0 Å². The summed E-state index contributed by atoms with van der Waals surface area (Å²) in [7, 11) is 3.16. The molecule has 2 aromatic carbocycles. The summed E-state index contributed by atoms with van der Waals surface area (Å²) in [6.45, 7) is 3.19. The molecule has 0 bridgehead atoms. The highest BCUT2D eigenvalue weighted by molar-refractivity contribution is 5.92. The van der Waals surface area contributed by atoms with E-state index in [2.05, 4.69) is 5.32 Å². The first-order valence-corrected chi connectivity index (χ1v) is 9.86. The predicted octanol–water partition coefficient (Wildman–Crippen LogP) is 3.43. The zero-order valence-electron chi connectivity index (χ0n) is 17.2. The van der Waals surface area contributed by atoms with E-state index in [4.69, 9.17) is 9.47 Å². The molecule has 0 spiro atoms. The third-order valence-corrected chi connectivity index (χ3v) is 5.31. The van der Waals surface area contributed by atoms with Crippen molar-refractivity contribution in [2.24, 2.45) is 5.92 Å². The highest BCUT2D eigenvalue weighted by Gasteiger charge is 2.27. The van der Waals surface area contributed by atoms with Gasteiger partial charge in [0.2, 0.25) is 11.8 Å². The Labute approximate surface area is 171 Å². The van der Waals surface area contributed by atoms with Crippen molar-refractivity contribution in [2.75, 3.05) is 32.6 Å². The summed E-state index contributed by atoms with van der Waals surface area (Å²) in [5.74, 6) is 1.28. The van der Waals surface area contributed by atoms with Gasteiger partial charge >= 0.3 is 0 Å². The molecular formula is C23H28N2O4. The number of likely N-dealkylation sites (tertiary alicyclic amines) is 1. The molecule has 1 heterocycles. The number of carbonyl (C=O) groups excluding carboxylic acids is 2. The summed E-state index contributed by atoms with van der Waals surface area (Å²) in [5, 5.41) is 2.99. The second-order valence-electron chi connectivity index (χ2n) is 7.38. The number of ether oxygens (including phenoxy) is 2. The predicted molar refractivity (Wildman–Crippen MR) is 112 cm³/mol. The average molecular weight is 396 g/mol. The largest absolute Gasteiger partial charge is 0.493 e. The molecule has 1 saturated heterocycles. The number of piperidine rings is 1. The number of hydrogen-bond acceptors (Lipinski definition) is 4. The minimum Gasteiger partial charge on any atom is -0.493 e. The number of nitrogens with one attached hydrogen (secondary N) is 1. The molecule has 1 aliphatic rings. The van der Waals surface area contributed by atoms with E-state index in [0.717, 1.165) is 16.8 Å². The molecule has 1 fully saturated rings. The quantitative estimate of drug-likeness (QED) is 0.812. The van der Waals surface area contributed by atoms with Gasteiger partial charge in [-0.15, -0.1) is 0 Å². The molecule has 6 heteroatoms. The summed E-state index contributed by atoms with van der Waals surface area (Å²) in [6, 6.07) is 13.3. The van der Waals surface area contributed by atoms with Gasteiger partial charge in [0.25, 0.3) is 0 Å². The first kappa shape index (κ1) is 20.7. The summed E-state index contributed by atoms with van der Waals surface area (Å²) in [6.07, 6.45) is 1.66. The summed E-state index contributed by atoms with van der Waals surface area (Å²) < 4.78 is 10.5. The normalized spacial score (nSPS) is 14.4. The maximum Gasteiger partial charge on any atom is 0.227 e. The fraction of sp³-hybridized carbons (Fsp3) is 0.391. The molecule has 0 aliphatic carbocycles. The highest BCUT2D eigenvalue weighted by atomic mass is 16.5. The minimum absolute atomic E-state index is 0.0302. The van der Waals surface area contributed by atoms with Crippen LogP contribution < -0.4 is 14.8 Å². The van der Waals surface area contributed by atoms with Crippen molar-refractivity contribution >= 4 is 17.5 Å². The van der Waals surface area contributed by atoms with Gasteiger partial charge in [-0.1, -0.05) is 18.2 Å². The van der Waals surface area contributed by atoms with Crippen molar-refractivity contribution in [3.63, 3.8) is 0 Å². The number of carbonyl (C=O) groups is 2. The van der Waals surface area contributed by atoms with E-state index < -0.39 is 0 Å². The molecule has 1 N–H and O–H groups in total. The van der Waals surface area contributed by atoms with Gasteiger partial charge in [-0.25, -0.2) is 0 Å². The number of rotatable bonds is 6. The Morgan fingerprint density at radius 1 is 1.03 bits per heavy atom. The average Bonchev–Trinajstić information content (AvgIpc) is 2.73. The first-order valence-electron chi connectivity index (χ1n) is 9.86. The van der Waals surface area contributed by atoms with Gasteiger partial charge in [-0.3, -0.25) is 9.59 Å². The van der Waals surface area contributed by atoms with Gasteiger partial charge < -0.3 is 19.7 Å². The first-order chi connectivity index (χ1) is 14.0. The van der Waals surface area contributed by atoms with Gasteiger partial charge in [-0.2, -0.15) is 0 Å².